The Hall–Kier alpha value is -1.03. The molecule has 0 aromatic carbocycles. The maximum Gasteiger partial charge on any atom is 0.200 e. The average Bonchev–Trinajstić information content (AvgIpc) is 2.47. The number of rotatable bonds is 3. The zero-order valence-electron chi connectivity index (χ0n) is 9.53. The van der Waals surface area contributed by atoms with Gasteiger partial charge in [0.1, 0.15) is 5.60 Å². The summed E-state index contributed by atoms with van der Waals surface area (Å²) in [5, 5.41) is 0. The highest BCUT2D eigenvalue weighted by molar-refractivity contribution is 5.26. The summed E-state index contributed by atoms with van der Waals surface area (Å²) >= 11 is 0. The Bertz CT molecular complexity index is 315. The number of methoxy groups -OCH3 is 1. The molecule has 0 fully saturated rings. The summed E-state index contributed by atoms with van der Waals surface area (Å²) in [6, 6.07) is 0.293. The van der Waals surface area contributed by atoms with Crippen molar-refractivity contribution in [3.8, 4) is 0 Å². The van der Waals surface area contributed by atoms with Crippen LogP contribution in [0.1, 0.15) is 39.4 Å². The molecule has 1 heterocycles. The fraction of sp³-hybridized carbons (Fsp3) is 0.700. The van der Waals surface area contributed by atoms with E-state index in [0.29, 0.717) is 12.0 Å². The van der Waals surface area contributed by atoms with Gasteiger partial charge in [0.05, 0.1) is 11.9 Å². The SMILES string of the molecule is COC(C)(C)c1cnc(N)n1C(C)C. The molecule has 0 saturated heterocycles. The van der Waals surface area contributed by atoms with Gasteiger partial charge in [-0.05, 0) is 27.7 Å². The van der Waals surface area contributed by atoms with Crippen LogP contribution in [0.25, 0.3) is 0 Å². The third-order valence-electron chi connectivity index (χ3n) is 2.47. The van der Waals surface area contributed by atoms with Gasteiger partial charge in [0.25, 0.3) is 0 Å². The lowest BCUT2D eigenvalue weighted by Crippen LogP contribution is -2.25. The van der Waals surface area contributed by atoms with E-state index in [2.05, 4.69) is 18.8 Å². The van der Waals surface area contributed by atoms with Gasteiger partial charge in [0.15, 0.2) is 0 Å². The highest BCUT2D eigenvalue weighted by Gasteiger charge is 2.26. The average molecular weight is 197 g/mol. The number of aromatic nitrogens is 2. The molecule has 0 saturated carbocycles. The first kappa shape index (κ1) is 11.0. The fourth-order valence-corrected chi connectivity index (χ4v) is 1.47. The zero-order valence-corrected chi connectivity index (χ0v) is 9.53. The molecule has 0 amide bonds. The lowest BCUT2D eigenvalue weighted by atomic mass is 10.1. The molecule has 4 heteroatoms. The Balaban J connectivity index is 3.22. The molecular formula is C10H19N3O. The Morgan fingerprint density at radius 2 is 2.07 bits per heavy atom. The second-order valence-electron chi connectivity index (χ2n) is 4.18. The van der Waals surface area contributed by atoms with Gasteiger partial charge in [-0.1, -0.05) is 0 Å². The lowest BCUT2D eigenvalue weighted by Gasteiger charge is -2.26. The summed E-state index contributed by atoms with van der Waals surface area (Å²) in [7, 11) is 1.69. The van der Waals surface area contributed by atoms with Gasteiger partial charge < -0.3 is 15.0 Å². The van der Waals surface area contributed by atoms with E-state index in [4.69, 9.17) is 10.5 Å². The van der Waals surface area contributed by atoms with E-state index in [1.807, 2.05) is 18.4 Å². The number of imidazole rings is 1. The third kappa shape index (κ3) is 1.75. The molecule has 2 N–H and O–H groups in total. The van der Waals surface area contributed by atoms with Crippen LogP contribution in [0.5, 0.6) is 0 Å². The summed E-state index contributed by atoms with van der Waals surface area (Å²) in [5.74, 6) is 0.542. The van der Waals surface area contributed by atoms with Crippen molar-refractivity contribution in [2.45, 2.75) is 39.3 Å². The number of nitrogens with zero attached hydrogens (tertiary/aromatic N) is 2. The van der Waals surface area contributed by atoms with Gasteiger partial charge in [-0.15, -0.1) is 0 Å². The second-order valence-corrected chi connectivity index (χ2v) is 4.18. The summed E-state index contributed by atoms with van der Waals surface area (Å²) in [4.78, 5) is 4.11. The summed E-state index contributed by atoms with van der Waals surface area (Å²) in [6.07, 6.45) is 1.78. The van der Waals surface area contributed by atoms with Crippen molar-refractivity contribution in [1.29, 1.82) is 0 Å². The molecule has 0 unspecified atom stereocenters. The van der Waals surface area contributed by atoms with E-state index < -0.39 is 0 Å². The molecule has 0 aliphatic rings. The van der Waals surface area contributed by atoms with Gasteiger partial charge in [0, 0.05) is 13.2 Å². The molecule has 1 aromatic rings. The van der Waals surface area contributed by atoms with E-state index in [1.165, 1.54) is 0 Å². The number of anilines is 1. The van der Waals surface area contributed by atoms with Crippen LogP contribution in [-0.2, 0) is 10.3 Å². The topological polar surface area (TPSA) is 53.1 Å². The standard InChI is InChI=1S/C10H19N3O/c1-7(2)13-8(6-12-9(13)11)10(3,4)14-5/h6-7H,1-5H3,(H2,11,12). The largest absolute Gasteiger partial charge is 0.373 e. The minimum absolute atomic E-state index is 0.293. The van der Waals surface area contributed by atoms with Crippen LogP contribution in [0.3, 0.4) is 0 Å². The highest BCUT2D eigenvalue weighted by Crippen LogP contribution is 2.28. The number of hydrogen-bond donors (Lipinski definition) is 1. The van der Waals surface area contributed by atoms with Crippen LogP contribution >= 0.6 is 0 Å². The molecule has 1 aromatic heterocycles. The molecule has 0 spiro atoms. The van der Waals surface area contributed by atoms with E-state index in [9.17, 15) is 0 Å². The molecule has 0 aliphatic carbocycles. The van der Waals surface area contributed by atoms with Crippen LogP contribution in [0, 0.1) is 0 Å². The lowest BCUT2D eigenvalue weighted by molar-refractivity contribution is 0.0119. The van der Waals surface area contributed by atoms with E-state index in [-0.39, 0.29) is 5.60 Å². The number of nitrogen functional groups attached to an aromatic ring is 1. The quantitative estimate of drug-likeness (QED) is 0.805. The van der Waals surface area contributed by atoms with Gasteiger partial charge in [0.2, 0.25) is 5.95 Å². The molecule has 0 radical (unpaired) electrons. The van der Waals surface area contributed by atoms with Crippen molar-refractivity contribution in [3.05, 3.63) is 11.9 Å². The Morgan fingerprint density at radius 3 is 2.50 bits per heavy atom. The smallest absolute Gasteiger partial charge is 0.200 e. The Labute approximate surface area is 85.1 Å². The van der Waals surface area contributed by atoms with Crippen molar-refractivity contribution >= 4 is 5.95 Å². The van der Waals surface area contributed by atoms with Crippen LogP contribution in [0.4, 0.5) is 5.95 Å². The number of hydrogen-bond acceptors (Lipinski definition) is 3. The molecule has 0 atom stereocenters. The van der Waals surface area contributed by atoms with Crippen LogP contribution in [0.15, 0.2) is 6.20 Å². The van der Waals surface area contributed by atoms with Crippen molar-refractivity contribution in [2.75, 3.05) is 12.8 Å². The van der Waals surface area contributed by atoms with Crippen molar-refractivity contribution < 1.29 is 4.74 Å². The second kappa shape index (κ2) is 3.61. The monoisotopic (exact) mass is 197 g/mol. The predicted molar refractivity (Wildman–Crippen MR) is 57.1 cm³/mol. The first-order valence-electron chi connectivity index (χ1n) is 4.78. The first-order chi connectivity index (χ1) is 6.40. The molecule has 0 bridgehead atoms. The van der Waals surface area contributed by atoms with Gasteiger partial charge in [-0.25, -0.2) is 4.98 Å². The van der Waals surface area contributed by atoms with Crippen molar-refractivity contribution in [2.24, 2.45) is 0 Å². The third-order valence-corrected chi connectivity index (χ3v) is 2.47. The molecular weight excluding hydrogens is 178 g/mol. The normalized spacial score (nSPS) is 12.4. The van der Waals surface area contributed by atoms with Gasteiger partial charge >= 0.3 is 0 Å². The van der Waals surface area contributed by atoms with Crippen molar-refractivity contribution in [3.63, 3.8) is 0 Å². The zero-order chi connectivity index (χ0) is 10.9. The van der Waals surface area contributed by atoms with E-state index >= 15 is 0 Å². The molecule has 14 heavy (non-hydrogen) atoms. The van der Waals surface area contributed by atoms with Crippen LogP contribution < -0.4 is 5.73 Å². The maximum atomic E-state index is 5.79. The van der Waals surface area contributed by atoms with E-state index in [0.717, 1.165) is 5.69 Å². The fourth-order valence-electron chi connectivity index (χ4n) is 1.47. The van der Waals surface area contributed by atoms with Crippen LogP contribution in [-0.4, -0.2) is 16.7 Å². The molecule has 4 nitrogen and oxygen atoms in total. The molecule has 0 aliphatic heterocycles. The number of ether oxygens (including phenoxy) is 1. The first-order valence-corrected chi connectivity index (χ1v) is 4.78. The minimum Gasteiger partial charge on any atom is -0.373 e. The van der Waals surface area contributed by atoms with Crippen molar-refractivity contribution in [1.82, 2.24) is 9.55 Å². The Kier molecular flexibility index (Phi) is 2.85. The molecule has 1 rings (SSSR count). The summed E-state index contributed by atoms with van der Waals surface area (Å²) in [5.41, 5.74) is 6.44. The van der Waals surface area contributed by atoms with Crippen LogP contribution in [0.2, 0.25) is 0 Å². The predicted octanol–water partition coefficient (Wildman–Crippen LogP) is 1.93. The summed E-state index contributed by atoms with van der Waals surface area (Å²) < 4.78 is 7.40. The van der Waals surface area contributed by atoms with Gasteiger partial charge in [-0.2, -0.15) is 0 Å². The highest BCUT2D eigenvalue weighted by atomic mass is 16.5. The molecule has 80 valence electrons. The summed E-state index contributed by atoms with van der Waals surface area (Å²) in [6.45, 7) is 8.16. The number of nitrogens with two attached hydrogens (primary N) is 1. The minimum atomic E-state index is -0.352. The Morgan fingerprint density at radius 1 is 1.50 bits per heavy atom. The van der Waals surface area contributed by atoms with Gasteiger partial charge in [-0.3, -0.25) is 0 Å². The van der Waals surface area contributed by atoms with E-state index in [1.54, 1.807) is 13.3 Å². The maximum absolute atomic E-state index is 5.79.